The van der Waals surface area contributed by atoms with E-state index < -0.39 is 39.3 Å². The van der Waals surface area contributed by atoms with Crippen LogP contribution in [-0.4, -0.2) is 91.6 Å². The number of nitrogens with zero attached hydrogens (tertiary/aromatic N) is 4. The van der Waals surface area contributed by atoms with Gasteiger partial charge in [-0.2, -0.15) is 4.99 Å². The molecule has 1 aromatic carbocycles. The van der Waals surface area contributed by atoms with Crippen molar-refractivity contribution in [1.82, 2.24) is 14.4 Å². The van der Waals surface area contributed by atoms with Gasteiger partial charge in [0.1, 0.15) is 17.3 Å². The van der Waals surface area contributed by atoms with Gasteiger partial charge < -0.3 is 23.8 Å². The molecule has 1 aromatic heterocycles. The van der Waals surface area contributed by atoms with Crippen molar-refractivity contribution in [3.05, 3.63) is 35.7 Å². The van der Waals surface area contributed by atoms with Crippen molar-refractivity contribution in [2.75, 3.05) is 50.9 Å². The van der Waals surface area contributed by atoms with E-state index in [1.165, 1.54) is 21.1 Å². The minimum Gasteiger partial charge on any atom is -0.494 e. The highest BCUT2D eigenvalue weighted by Gasteiger charge is 2.28. The summed E-state index contributed by atoms with van der Waals surface area (Å²) in [7, 11) is -4.04. The van der Waals surface area contributed by atoms with Crippen LogP contribution in [0.4, 0.5) is 4.79 Å². The van der Waals surface area contributed by atoms with Crippen LogP contribution in [0.5, 0.6) is 5.75 Å². The Morgan fingerprint density at radius 2 is 1.78 bits per heavy atom. The predicted octanol–water partition coefficient (Wildman–Crippen LogP) is 1.43. The van der Waals surface area contributed by atoms with E-state index in [0.717, 1.165) is 10.2 Å². The van der Waals surface area contributed by atoms with Gasteiger partial charge in [-0.05, 0) is 32.0 Å². The van der Waals surface area contributed by atoms with Crippen LogP contribution >= 0.6 is 11.3 Å². The van der Waals surface area contributed by atoms with Gasteiger partial charge in [-0.1, -0.05) is 17.4 Å². The number of aromatic nitrogens is 1. The molecule has 36 heavy (non-hydrogen) atoms. The molecule has 0 radical (unpaired) electrons. The molecule has 1 aliphatic heterocycles. The summed E-state index contributed by atoms with van der Waals surface area (Å²) in [5.74, 6) is -2.47. The van der Waals surface area contributed by atoms with Gasteiger partial charge in [-0.3, -0.25) is 9.59 Å². The first-order valence-corrected chi connectivity index (χ1v) is 14.2. The normalized spacial score (nSPS) is 14.7. The lowest BCUT2D eigenvalue weighted by Gasteiger charge is -2.34. The van der Waals surface area contributed by atoms with Crippen molar-refractivity contribution in [1.29, 1.82) is 0 Å². The summed E-state index contributed by atoms with van der Waals surface area (Å²) in [5.41, 5.74) is 0.815. The van der Waals surface area contributed by atoms with E-state index in [4.69, 9.17) is 9.47 Å². The van der Waals surface area contributed by atoms with Gasteiger partial charge in [0, 0.05) is 32.7 Å². The molecular weight excluding hydrogens is 508 g/mol. The molecule has 196 valence electrons. The highest BCUT2D eigenvalue weighted by Crippen LogP contribution is 2.23. The second-order valence-corrected chi connectivity index (χ2v) is 11.0. The molecule has 0 atom stereocenters. The summed E-state index contributed by atoms with van der Waals surface area (Å²) >= 11 is 1.24. The number of fused-ring (bicyclic) bond motifs is 1. The summed E-state index contributed by atoms with van der Waals surface area (Å²) in [6, 6.07) is 5.50. The zero-order valence-electron chi connectivity index (χ0n) is 20.3. The monoisotopic (exact) mass is 538 g/mol. The van der Waals surface area contributed by atoms with Gasteiger partial charge in [0.05, 0.1) is 23.4 Å². The van der Waals surface area contributed by atoms with E-state index >= 15 is 0 Å². The van der Waals surface area contributed by atoms with E-state index in [2.05, 4.69) is 11.6 Å². The molecule has 2 heterocycles. The number of ether oxygens (including phenoxy) is 2. The number of allylic oxidation sites excluding steroid dienone is 1. The smallest absolute Gasteiger partial charge is 0.409 e. The molecule has 13 heteroatoms. The average Bonchev–Trinajstić information content (AvgIpc) is 3.15. The number of amides is 3. The van der Waals surface area contributed by atoms with Crippen molar-refractivity contribution in [2.24, 2.45) is 4.99 Å². The van der Waals surface area contributed by atoms with Crippen LogP contribution in [0.2, 0.25) is 0 Å². The number of hydrogen-bond donors (Lipinski definition) is 0. The minimum atomic E-state index is -4.04. The van der Waals surface area contributed by atoms with Crippen LogP contribution in [0.25, 0.3) is 10.2 Å². The minimum absolute atomic E-state index is 0.193. The van der Waals surface area contributed by atoms with E-state index in [1.807, 2.05) is 25.1 Å². The summed E-state index contributed by atoms with van der Waals surface area (Å²) in [6.07, 6.45) is 1.19. The van der Waals surface area contributed by atoms with Crippen molar-refractivity contribution < 1.29 is 32.3 Å². The topological polar surface area (TPSA) is 128 Å². The summed E-state index contributed by atoms with van der Waals surface area (Å²) < 4.78 is 38.2. The van der Waals surface area contributed by atoms with E-state index in [0.29, 0.717) is 23.7 Å². The van der Waals surface area contributed by atoms with Gasteiger partial charge in [0.2, 0.25) is 5.91 Å². The highest BCUT2D eigenvalue weighted by molar-refractivity contribution is 7.92. The summed E-state index contributed by atoms with van der Waals surface area (Å²) in [5, 5.41) is 0. The molecule has 11 nitrogen and oxygen atoms in total. The van der Waals surface area contributed by atoms with Gasteiger partial charge in [-0.15, -0.1) is 6.58 Å². The van der Waals surface area contributed by atoms with Crippen molar-refractivity contribution in [3.8, 4) is 5.75 Å². The lowest BCUT2D eigenvalue weighted by molar-refractivity contribution is -0.130. The van der Waals surface area contributed by atoms with E-state index in [-0.39, 0.29) is 32.8 Å². The number of piperazine rings is 1. The third-order valence-electron chi connectivity index (χ3n) is 5.34. The zero-order chi connectivity index (χ0) is 26.3. The first-order chi connectivity index (χ1) is 17.2. The highest BCUT2D eigenvalue weighted by atomic mass is 32.2. The molecule has 3 rings (SSSR count). The number of hydrogen-bond acceptors (Lipinski definition) is 8. The SMILES string of the molecule is C=CCn1c(=NC(=O)CS(=O)(=O)CC(=O)N2CCN(C(=O)OCC)CC2)sc2cc(OCC)ccc21. The summed E-state index contributed by atoms with van der Waals surface area (Å²) in [4.78, 5) is 44.1. The van der Waals surface area contributed by atoms with Crippen molar-refractivity contribution in [2.45, 2.75) is 20.4 Å². The lowest BCUT2D eigenvalue weighted by Crippen LogP contribution is -2.52. The van der Waals surface area contributed by atoms with Crippen LogP contribution < -0.4 is 9.54 Å². The number of carbonyl (C=O) groups is 3. The van der Waals surface area contributed by atoms with Crippen LogP contribution in [0.3, 0.4) is 0 Å². The molecule has 3 amide bonds. The predicted molar refractivity (Wildman–Crippen MR) is 136 cm³/mol. The molecule has 0 bridgehead atoms. The first kappa shape index (κ1) is 27.4. The van der Waals surface area contributed by atoms with Crippen LogP contribution in [0, 0.1) is 0 Å². The maximum atomic E-state index is 12.6. The molecule has 1 aliphatic rings. The fourth-order valence-corrected chi connectivity index (χ4v) is 5.90. The molecule has 0 unspecified atom stereocenters. The molecule has 0 spiro atoms. The van der Waals surface area contributed by atoms with Crippen LogP contribution in [-0.2, 0) is 30.7 Å². The third-order valence-corrected chi connectivity index (χ3v) is 7.76. The van der Waals surface area contributed by atoms with Crippen molar-refractivity contribution in [3.63, 3.8) is 0 Å². The maximum absolute atomic E-state index is 12.6. The number of thiazole rings is 1. The van der Waals surface area contributed by atoms with Gasteiger partial charge in [-0.25, -0.2) is 13.2 Å². The number of carbonyl (C=O) groups excluding carboxylic acids is 3. The van der Waals surface area contributed by atoms with Crippen LogP contribution in [0.1, 0.15) is 13.8 Å². The Kier molecular flexibility index (Phi) is 9.26. The zero-order valence-corrected chi connectivity index (χ0v) is 22.0. The molecule has 2 aromatic rings. The Balaban J connectivity index is 1.68. The Morgan fingerprint density at radius 3 is 2.42 bits per heavy atom. The molecule has 1 saturated heterocycles. The van der Waals surface area contributed by atoms with E-state index in [1.54, 1.807) is 17.6 Å². The lowest BCUT2D eigenvalue weighted by atomic mass is 10.3. The fraction of sp³-hybridized carbons (Fsp3) is 0.478. The second kappa shape index (κ2) is 12.2. The number of sulfone groups is 1. The molecular formula is C23H30N4O7S2. The average molecular weight is 539 g/mol. The Morgan fingerprint density at radius 1 is 1.08 bits per heavy atom. The van der Waals surface area contributed by atoms with Gasteiger partial charge in [0.15, 0.2) is 14.6 Å². The number of rotatable bonds is 9. The standard InChI is InChI=1S/C23H30N4O7S2/c1-4-9-27-18-8-7-17(33-5-2)14-19(18)35-22(27)24-20(28)15-36(31,32)16-21(29)25-10-12-26(13-11-25)23(30)34-6-3/h4,7-8,14H,1,5-6,9-13,15-16H2,2-3H3. The Labute approximate surface area is 213 Å². The Bertz CT molecular complexity index is 1310. The van der Waals surface area contributed by atoms with Crippen molar-refractivity contribution >= 4 is 49.3 Å². The van der Waals surface area contributed by atoms with Gasteiger partial charge in [0.25, 0.3) is 5.91 Å². The molecule has 0 N–H and O–H groups in total. The fourth-order valence-electron chi connectivity index (χ4n) is 3.71. The first-order valence-electron chi connectivity index (χ1n) is 11.5. The maximum Gasteiger partial charge on any atom is 0.409 e. The molecule has 1 fully saturated rings. The Hall–Kier alpha value is -3.19. The quantitative estimate of drug-likeness (QED) is 0.442. The number of benzene rings is 1. The second-order valence-electron chi connectivity index (χ2n) is 7.95. The molecule has 0 aliphatic carbocycles. The summed E-state index contributed by atoms with van der Waals surface area (Å²) in [6.45, 7) is 9.34. The van der Waals surface area contributed by atoms with Gasteiger partial charge >= 0.3 is 6.09 Å². The van der Waals surface area contributed by atoms with E-state index in [9.17, 15) is 22.8 Å². The largest absolute Gasteiger partial charge is 0.494 e. The molecule has 0 saturated carbocycles. The third kappa shape index (κ3) is 6.94. The van der Waals surface area contributed by atoms with Crippen LogP contribution in [0.15, 0.2) is 35.8 Å².